The molecule has 0 amide bonds. The van der Waals surface area contributed by atoms with E-state index in [1.807, 2.05) is 11.9 Å². The second kappa shape index (κ2) is 6.78. The number of hydrogen-bond acceptors (Lipinski definition) is 5. The van der Waals surface area contributed by atoms with Gasteiger partial charge in [0.1, 0.15) is 17.5 Å². The molecule has 0 radical (unpaired) electrons. The zero-order chi connectivity index (χ0) is 15.4. The lowest BCUT2D eigenvalue weighted by Crippen LogP contribution is -2.47. The minimum absolute atomic E-state index is 0.571. The third kappa shape index (κ3) is 3.46. The van der Waals surface area contributed by atoms with Crippen LogP contribution in [-0.4, -0.2) is 68.3 Å². The van der Waals surface area contributed by atoms with Crippen LogP contribution in [0.1, 0.15) is 11.6 Å². The van der Waals surface area contributed by atoms with Crippen molar-refractivity contribution >= 4 is 5.97 Å². The summed E-state index contributed by atoms with van der Waals surface area (Å²) in [7, 11) is 5.16. The van der Waals surface area contributed by atoms with Crippen LogP contribution in [0.2, 0.25) is 0 Å². The number of nitrogens with zero attached hydrogens (tertiary/aromatic N) is 2. The lowest BCUT2D eigenvalue weighted by Gasteiger charge is -2.36. The van der Waals surface area contributed by atoms with Gasteiger partial charge in [-0.15, -0.1) is 0 Å². The molecular weight excluding hydrogens is 272 g/mol. The normalized spacial score (nSPS) is 18.2. The minimum Gasteiger partial charge on any atom is -0.497 e. The highest BCUT2D eigenvalue weighted by Gasteiger charge is 2.32. The Morgan fingerprint density at radius 3 is 2.38 bits per heavy atom. The molecule has 1 aliphatic heterocycles. The molecule has 0 spiro atoms. The predicted molar refractivity (Wildman–Crippen MR) is 79.0 cm³/mol. The number of benzene rings is 1. The molecule has 21 heavy (non-hydrogen) atoms. The number of carboxylic acids is 1. The Labute approximate surface area is 124 Å². The van der Waals surface area contributed by atoms with Crippen LogP contribution in [0.15, 0.2) is 18.2 Å². The molecule has 1 aromatic rings. The highest BCUT2D eigenvalue weighted by atomic mass is 16.5. The van der Waals surface area contributed by atoms with Crippen LogP contribution in [0.5, 0.6) is 11.5 Å². The van der Waals surface area contributed by atoms with E-state index in [0.717, 1.165) is 13.1 Å². The minimum atomic E-state index is -0.869. The van der Waals surface area contributed by atoms with Crippen molar-refractivity contribution in [3.63, 3.8) is 0 Å². The van der Waals surface area contributed by atoms with E-state index in [-0.39, 0.29) is 0 Å². The molecular formula is C15H22N2O4. The molecule has 6 nitrogen and oxygen atoms in total. The Balaban J connectivity index is 2.35. The van der Waals surface area contributed by atoms with Crippen molar-refractivity contribution in [2.24, 2.45) is 0 Å². The number of carboxylic acid groups (broad SMARTS) is 1. The van der Waals surface area contributed by atoms with Crippen LogP contribution in [0.4, 0.5) is 0 Å². The van der Waals surface area contributed by atoms with Crippen LogP contribution < -0.4 is 9.47 Å². The standard InChI is InChI=1S/C15H22N2O4/c1-16-6-8-17(9-7-16)14(15(18)19)12-10-11(20-2)4-5-13(12)21-3/h4-5,10,14H,6-9H2,1-3H3,(H,18,19). The Morgan fingerprint density at radius 1 is 1.19 bits per heavy atom. The van der Waals surface area contributed by atoms with Gasteiger partial charge in [-0.05, 0) is 25.2 Å². The molecule has 1 unspecified atom stereocenters. The van der Waals surface area contributed by atoms with E-state index in [9.17, 15) is 9.90 Å². The second-order valence-corrected chi connectivity index (χ2v) is 5.19. The summed E-state index contributed by atoms with van der Waals surface area (Å²) in [5.41, 5.74) is 0.633. The van der Waals surface area contributed by atoms with Gasteiger partial charge in [-0.1, -0.05) is 0 Å². The third-order valence-corrected chi connectivity index (χ3v) is 3.87. The van der Waals surface area contributed by atoms with Crippen molar-refractivity contribution in [2.45, 2.75) is 6.04 Å². The molecule has 6 heteroatoms. The summed E-state index contributed by atoms with van der Waals surface area (Å²) in [4.78, 5) is 16.0. The lowest BCUT2D eigenvalue weighted by molar-refractivity contribution is -0.144. The molecule has 1 aliphatic rings. The van der Waals surface area contributed by atoms with E-state index in [1.54, 1.807) is 32.4 Å². The molecule has 1 N–H and O–H groups in total. The molecule has 1 saturated heterocycles. The molecule has 1 fully saturated rings. The fourth-order valence-electron chi connectivity index (χ4n) is 2.62. The van der Waals surface area contributed by atoms with Crippen molar-refractivity contribution in [2.75, 3.05) is 47.4 Å². The molecule has 1 aromatic carbocycles. The number of ether oxygens (including phenoxy) is 2. The topological polar surface area (TPSA) is 62.2 Å². The molecule has 1 atom stereocenters. The number of methoxy groups -OCH3 is 2. The summed E-state index contributed by atoms with van der Waals surface area (Å²) in [6, 6.07) is 4.55. The van der Waals surface area contributed by atoms with Gasteiger partial charge in [-0.3, -0.25) is 9.69 Å². The summed E-state index contributed by atoms with van der Waals surface area (Å²) in [5, 5.41) is 9.68. The van der Waals surface area contributed by atoms with Crippen molar-refractivity contribution in [3.8, 4) is 11.5 Å². The van der Waals surface area contributed by atoms with Crippen molar-refractivity contribution in [3.05, 3.63) is 23.8 Å². The van der Waals surface area contributed by atoms with E-state index in [4.69, 9.17) is 9.47 Å². The van der Waals surface area contributed by atoms with Gasteiger partial charge in [0.15, 0.2) is 0 Å². The second-order valence-electron chi connectivity index (χ2n) is 5.19. The van der Waals surface area contributed by atoms with Crippen molar-refractivity contribution < 1.29 is 19.4 Å². The largest absolute Gasteiger partial charge is 0.497 e. The molecule has 0 aromatic heterocycles. The molecule has 2 rings (SSSR count). The molecule has 116 valence electrons. The van der Waals surface area contributed by atoms with Gasteiger partial charge in [-0.25, -0.2) is 0 Å². The number of aliphatic carboxylic acids is 1. The van der Waals surface area contributed by atoms with E-state index < -0.39 is 12.0 Å². The Morgan fingerprint density at radius 2 is 1.86 bits per heavy atom. The average Bonchev–Trinajstić information content (AvgIpc) is 2.49. The van der Waals surface area contributed by atoms with Crippen molar-refractivity contribution in [1.82, 2.24) is 9.80 Å². The molecule has 0 aliphatic carbocycles. The van der Waals surface area contributed by atoms with Crippen LogP contribution in [0.25, 0.3) is 0 Å². The van der Waals surface area contributed by atoms with Gasteiger partial charge >= 0.3 is 5.97 Å². The zero-order valence-corrected chi connectivity index (χ0v) is 12.7. The first-order valence-corrected chi connectivity index (χ1v) is 6.94. The van der Waals surface area contributed by atoms with Crippen LogP contribution in [0, 0.1) is 0 Å². The smallest absolute Gasteiger partial charge is 0.325 e. The first-order valence-electron chi connectivity index (χ1n) is 6.94. The first kappa shape index (κ1) is 15.6. The maximum absolute atomic E-state index is 11.8. The van der Waals surface area contributed by atoms with Crippen LogP contribution in [-0.2, 0) is 4.79 Å². The average molecular weight is 294 g/mol. The molecule has 0 bridgehead atoms. The fraction of sp³-hybridized carbons (Fsp3) is 0.533. The highest BCUT2D eigenvalue weighted by molar-refractivity contribution is 5.77. The van der Waals surface area contributed by atoms with Gasteiger partial charge in [-0.2, -0.15) is 0 Å². The zero-order valence-electron chi connectivity index (χ0n) is 12.7. The number of hydrogen-bond donors (Lipinski definition) is 1. The Kier molecular flexibility index (Phi) is 5.03. The molecule has 0 saturated carbocycles. The van der Waals surface area contributed by atoms with E-state index >= 15 is 0 Å². The summed E-state index contributed by atoms with van der Waals surface area (Å²) >= 11 is 0. The summed E-state index contributed by atoms with van der Waals surface area (Å²) in [5.74, 6) is 0.333. The van der Waals surface area contributed by atoms with Gasteiger partial charge in [0.2, 0.25) is 0 Å². The van der Waals surface area contributed by atoms with E-state index in [1.165, 1.54) is 0 Å². The maximum atomic E-state index is 11.8. The summed E-state index contributed by atoms with van der Waals surface area (Å²) in [6.45, 7) is 3.15. The van der Waals surface area contributed by atoms with Crippen LogP contribution >= 0.6 is 0 Å². The number of rotatable bonds is 5. The van der Waals surface area contributed by atoms with Crippen molar-refractivity contribution in [1.29, 1.82) is 0 Å². The summed E-state index contributed by atoms with van der Waals surface area (Å²) in [6.07, 6.45) is 0. The van der Waals surface area contributed by atoms with E-state index in [2.05, 4.69) is 4.90 Å². The molecule has 1 heterocycles. The number of piperazine rings is 1. The number of likely N-dealkylation sites (N-methyl/N-ethyl adjacent to an activating group) is 1. The monoisotopic (exact) mass is 294 g/mol. The van der Waals surface area contributed by atoms with Gasteiger partial charge in [0.25, 0.3) is 0 Å². The predicted octanol–water partition coefficient (Wildman–Crippen LogP) is 1.08. The number of carbonyl (C=O) groups is 1. The Hall–Kier alpha value is -1.79. The van der Waals surface area contributed by atoms with Gasteiger partial charge in [0.05, 0.1) is 14.2 Å². The Bertz CT molecular complexity index is 498. The van der Waals surface area contributed by atoms with Gasteiger partial charge < -0.3 is 19.5 Å². The SMILES string of the molecule is COc1ccc(OC)c(C(C(=O)O)N2CCN(C)CC2)c1. The van der Waals surface area contributed by atoms with Crippen LogP contribution in [0.3, 0.4) is 0 Å². The van der Waals surface area contributed by atoms with Gasteiger partial charge in [0, 0.05) is 31.7 Å². The fourth-order valence-corrected chi connectivity index (χ4v) is 2.62. The third-order valence-electron chi connectivity index (χ3n) is 3.87. The van der Waals surface area contributed by atoms with E-state index in [0.29, 0.717) is 30.2 Å². The quantitative estimate of drug-likeness (QED) is 0.877. The maximum Gasteiger partial charge on any atom is 0.325 e. The first-order chi connectivity index (χ1) is 10.1. The lowest BCUT2D eigenvalue weighted by atomic mass is 10.0. The summed E-state index contributed by atoms with van der Waals surface area (Å²) < 4.78 is 10.5. The highest BCUT2D eigenvalue weighted by Crippen LogP contribution is 2.33.